The van der Waals surface area contributed by atoms with Gasteiger partial charge in [0.1, 0.15) is 0 Å². The highest BCUT2D eigenvalue weighted by Crippen LogP contribution is 2.42. The van der Waals surface area contributed by atoms with Crippen LogP contribution in [0.15, 0.2) is 89.9 Å². The van der Waals surface area contributed by atoms with Crippen LogP contribution in [0.4, 0.5) is 0 Å². The molecule has 0 N–H and O–H groups in total. The first-order valence-electron chi connectivity index (χ1n) is 10.8. The first kappa shape index (κ1) is 19.3. The summed E-state index contributed by atoms with van der Waals surface area (Å²) < 4.78 is 0. The van der Waals surface area contributed by atoms with Crippen molar-refractivity contribution in [1.82, 2.24) is 0 Å². The van der Waals surface area contributed by atoms with Crippen molar-refractivity contribution < 1.29 is 0 Å². The number of nitrogens with zero attached hydrogens (tertiary/aromatic N) is 2. The summed E-state index contributed by atoms with van der Waals surface area (Å²) in [6, 6.07) is 32.3. The van der Waals surface area contributed by atoms with E-state index in [2.05, 4.69) is 80.6 Å². The number of hydrogen-bond donors (Lipinski definition) is 0. The Labute approximate surface area is 183 Å². The fraction of sp³-hybridized carbons (Fsp3) is 0.172. The van der Waals surface area contributed by atoms with E-state index in [0.29, 0.717) is 5.56 Å². The zero-order valence-corrected chi connectivity index (χ0v) is 17.8. The molecule has 0 saturated carbocycles. The average Bonchev–Trinajstić information content (AvgIpc) is 3.24. The summed E-state index contributed by atoms with van der Waals surface area (Å²) in [6.45, 7) is 4.24. The summed E-state index contributed by atoms with van der Waals surface area (Å²) in [5.41, 5.74) is 8.05. The van der Waals surface area contributed by atoms with E-state index in [-0.39, 0.29) is 12.0 Å². The van der Waals surface area contributed by atoms with E-state index in [1.807, 2.05) is 24.3 Å². The molecule has 0 aromatic heterocycles. The highest BCUT2D eigenvalue weighted by molar-refractivity contribution is 6.15. The van der Waals surface area contributed by atoms with Gasteiger partial charge in [0.25, 0.3) is 0 Å². The molecule has 0 amide bonds. The molecule has 4 aromatic carbocycles. The number of aliphatic imine (C=N–C) groups is 1. The summed E-state index contributed by atoms with van der Waals surface area (Å²) in [5.74, 6) is 0.225. The standard InChI is InChI=1S/C29H24N2/c1-19-7-11-21(12-8-19)27-17-28(22-13-9-20(2)10-14-22)31-29(27)26-16-15-23(18-30)24-5-3-4-6-25(24)26/h3-16,27-28H,17H2,1-2H3. The first-order valence-corrected chi connectivity index (χ1v) is 10.8. The summed E-state index contributed by atoms with van der Waals surface area (Å²) in [4.78, 5) is 5.28. The Balaban J connectivity index is 1.68. The van der Waals surface area contributed by atoms with E-state index < -0.39 is 0 Å². The van der Waals surface area contributed by atoms with Crippen LogP contribution in [0.3, 0.4) is 0 Å². The summed E-state index contributed by atoms with van der Waals surface area (Å²) in [6.07, 6.45) is 0.954. The molecule has 150 valence electrons. The zero-order chi connectivity index (χ0) is 21.4. The second kappa shape index (κ2) is 7.85. The molecule has 5 rings (SSSR count). The van der Waals surface area contributed by atoms with Gasteiger partial charge in [0.05, 0.1) is 23.4 Å². The van der Waals surface area contributed by atoms with Gasteiger partial charge in [0, 0.05) is 16.9 Å². The van der Waals surface area contributed by atoms with Gasteiger partial charge >= 0.3 is 0 Å². The Bertz CT molecular complexity index is 1320. The van der Waals surface area contributed by atoms with Crippen LogP contribution in [0.2, 0.25) is 0 Å². The van der Waals surface area contributed by atoms with Crippen molar-refractivity contribution in [3.63, 3.8) is 0 Å². The number of benzene rings is 4. The predicted molar refractivity (Wildman–Crippen MR) is 128 cm³/mol. The molecule has 0 spiro atoms. The first-order chi connectivity index (χ1) is 15.1. The maximum absolute atomic E-state index is 9.58. The van der Waals surface area contributed by atoms with E-state index in [4.69, 9.17) is 4.99 Å². The van der Waals surface area contributed by atoms with Crippen molar-refractivity contribution in [2.45, 2.75) is 32.2 Å². The third-order valence-electron chi connectivity index (χ3n) is 6.35. The number of aryl methyl sites for hydroxylation is 2. The zero-order valence-electron chi connectivity index (χ0n) is 17.8. The van der Waals surface area contributed by atoms with Crippen LogP contribution < -0.4 is 0 Å². The van der Waals surface area contributed by atoms with Crippen LogP contribution in [-0.4, -0.2) is 5.71 Å². The van der Waals surface area contributed by atoms with Crippen LogP contribution in [0.25, 0.3) is 10.8 Å². The molecular formula is C29H24N2. The summed E-state index contributed by atoms with van der Waals surface area (Å²) >= 11 is 0. The van der Waals surface area contributed by atoms with Crippen LogP contribution in [-0.2, 0) is 0 Å². The van der Waals surface area contributed by atoms with Gasteiger partial charge in [-0.15, -0.1) is 0 Å². The molecule has 2 unspecified atom stereocenters. The Kier molecular flexibility index (Phi) is 4.88. The monoisotopic (exact) mass is 400 g/mol. The molecule has 1 aliphatic heterocycles. The summed E-state index contributed by atoms with van der Waals surface area (Å²) in [5, 5.41) is 11.7. The molecule has 2 nitrogen and oxygen atoms in total. The average molecular weight is 401 g/mol. The lowest BCUT2D eigenvalue weighted by Gasteiger charge is -2.17. The van der Waals surface area contributed by atoms with Gasteiger partial charge in [-0.25, -0.2) is 0 Å². The number of fused-ring (bicyclic) bond motifs is 1. The van der Waals surface area contributed by atoms with E-state index in [0.717, 1.165) is 28.5 Å². The number of rotatable bonds is 3. The second-order valence-corrected chi connectivity index (χ2v) is 8.46. The minimum atomic E-state index is 0.135. The third-order valence-corrected chi connectivity index (χ3v) is 6.35. The van der Waals surface area contributed by atoms with Crippen LogP contribution in [0.5, 0.6) is 0 Å². The van der Waals surface area contributed by atoms with Gasteiger partial charge in [-0.1, -0.05) is 90.0 Å². The Hall–Kier alpha value is -3.70. The van der Waals surface area contributed by atoms with Crippen molar-refractivity contribution in [2.75, 3.05) is 0 Å². The predicted octanol–water partition coefficient (Wildman–Crippen LogP) is 7.05. The molecule has 0 bridgehead atoms. The van der Waals surface area contributed by atoms with E-state index in [1.165, 1.54) is 22.3 Å². The lowest BCUT2D eigenvalue weighted by molar-refractivity contribution is 0.679. The molecule has 0 fully saturated rings. The molecule has 1 aliphatic rings. The maximum atomic E-state index is 9.58. The van der Waals surface area contributed by atoms with Gasteiger partial charge in [-0.3, -0.25) is 4.99 Å². The quantitative estimate of drug-likeness (QED) is 0.363. The van der Waals surface area contributed by atoms with Crippen LogP contribution in [0.1, 0.15) is 51.8 Å². The lowest BCUT2D eigenvalue weighted by Crippen LogP contribution is -2.10. The van der Waals surface area contributed by atoms with Gasteiger partial charge < -0.3 is 0 Å². The second-order valence-electron chi connectivity index (χ2n) is 8.46. The SMILES string of the molecule is Cc1ccc(C2CC(c3ccc(C)cc3)C(c3ccc(C#N)c4ccccc34)=N2)cc1. The number of hydrogen-bond acceptors (Lipinski definition) is 2. The van der Waals surface area contributed by atoms with Crippen molar-refractivity contribution in [3.05, 3.63) is 118 Å². The lowest BCUT2D eigenvalue weighted by atomic mass is 9.85. The van der Waals surface area contributed by atoms with Crippen molar-refractivity contribution >= 4 is 16.5 Å². The Morgan fingerprint density at radius 3 is 2.00 bits per heavy atom. The van der Waals surface area contributed by atoms with Gasteiger partial charge in [-0.2, -0.15) is 5.26 Å². The Morgan fingerprint density at radius 1 is 0.742 bits per heavy atom. The van der Waals surface area contributed by atoms with Crippen LogP contribution >= 0.6 is 0 Å². The Morgan fingerprint density at radius 2 is 1.35 bits per heavy atom. The highest BCUT2D eigenvalue weighted by Gasteiger charge is 2.32. The van der Waals surface area contributed by atoms with Gasteiger partial charge in [0.15, 0.2) is 0 Å². The van der Waals surface area contributed by atoms with Gasteiger partial charge in [-0.05, 0) is 42.8 Å². The minimum absolute atomic E-state index is 0.135. The van der Waals surface area contributed by atoms with E-state index in [1.54, 1.807) is 0 Å². The highest BCUT2D eigenvalue weighted by atomic mass is 14.8. The van der Waals surface area contributed by atoms with E-state index >= 15 is 0 Å². The number of nitriles is 1. The van der Waals surface area contributed by atoms with E-state index in [9.17, 15) is 5.26 Å². The summed E-state index contributed by atoms with van der Waals surface area (Å²) in [7, 11) is 0. The van der Waals surface area contributed by atoms with Crippen molar-refractivity contribution in [1.29, 1.82) is 5.26 Å². The fourth-order valence-electron chi connectivity index (χ4n) is 4.61. The van der Waals surface area contributed by atoms with Crippen molar-refractivity contribution in [3.8, 4) is 6.07 Å². The molecule has 1 heterocycles. The minimum Gasteiger partial charge on any atom is -0.280 e. The fourth-order valence-corrected chi connectivity index (χ4v) is 4.61. The maximum Gasteiger partial charge on any atom is 0.0998 e. The molecule has 0 radical (unpaired) electrons. The normalized spacial score (nSPS) is 18.0. The molecular weight excluding hydrogens is 376 g/mol. The molecule has 0 aliphatic carbocycles. The largest absolute Gasteiger partial charge is 0.280 e. The van der Waals surface area contributed by atoms with Crippen molar-refractivity contribution in [2.24, 2.45) is 4.99 Å². The third kappa shape index (κ3) is 3.53. The smallest absolute Gasteiger partial charge is 0.0998 e. The topological polar surface area (TPSA) is 36.1 Å². The van der Waals surface area contributed by atoms with Crippen LogP contribution in [0, 0.1) is 25.2 Å². The molecule has 31 heavy (non-hydrogen) atoms. The molecule has 2 atom stereocenters. The molecule has 0 saturated heterocycles. The molecule has 2 heteroatoms. The molecule has 4 aromatic rings. The van der Waals surface area contributed by atoms with Gasteiger partial charge in [0.2, 0.25) is 0 Å².